The van der Waals surface area contributed by atoms with E-state index in [2.05, 4.69) is 17.2 Å². The van der Waals surface area contributed by atoms with E-state index in [-0.39, 0.29) is 12.5 Å². The number of carbonyl (C=O) groups is 3. The maximum absolute atomic E-state index is 12.5. The van der Waals surface area contributed by atoms with E-state index in [1.54, 1.807) is 37.3 Å². The molecule has 0 heterocycles. The lowest BCUT2D eigenvalue weighted by molar-refractivity contribution is -0.134. The molecular formula is C19H27N3O5. The summed E-state index contributed by atoms with van der Waals surface area (Å²) >= 11 is 0. The number of carbonyl (C=O) groups excluding carboxylic acids is 3. The lowest BCUT2D eigenvalue weighted by Gasteiger charge is -2.24. The number of nitrogens with two attached hydrogens (primary N) is 1. The first-order valence-corrected chi connectivity index (χ1v) is 8.66. The summed E-state index contributed by atoms with van der Waals surface area (Å²) in [4.78, 5) is 35.8. The Bertz CT molecular complexity index is 660. The van der Waals surface area contributed by atoms with Crippen molar-refractivity contribution in [3.05, 3.63) is 42.5 Å². The fourth-order valence-corrected chi connectivity index (χ4v) is 2.39. The van der Waals surface area contributed by atoms with Crippen molar-refractivity contribution in [2.45, 2.75) is 45.4 Å². The average Bonchev–Trinajstić information content (AvgIpc) is 2.64. The van der Waals surface area contributed by atoms with Crippen molar-refractivity contribution in [1.29, 1.82) is 0 Å². The van der Waals surface area contributed by atoms with Crippen molar-refractivity contribution < 1.29 is 24.2 Å². The van der Waals surface area contributed by atoms with Gasteiger partial charge in [0.2, 0.25) is 5.91 Å². The van der Waals surface area contributed by atoms with Crippen LogP contribution in [0.25, 0.3) is 0 Å². The van der Waals surface area contributed by atoms with Crippen molar-refractivity contribution in [3.8, 4) is 0 Å². The molecule has 1 aromatic rings. The van der Waals surface area contributed by atoms with Gasteiger partial charge in [-0.05, 0) is 37.5 Å². The Kier molecular flexibility index (Phi) is 9.01. The fraction of sp³-hybridized carbons (Fsp3) is 0.421. The van der Waals surface area contributed by atoms with E-state index in [1.807, 2.05) is 0 Å². The monoisotopic (exact) mass is 377 g/mol. The number of benzene rings is 1. The largest absolute Gasteiger partial charge is 0.436 e. The Morgan fingerprint density at radius 3 is 2.37 bits per heavy atom. The van der Waals surface area contributed by atoms with Crippen LogP contribution in [0.2, 0.25) is 0 Å². The standard InChI is InChI=1S/C19H27N3O5/c1-4-5-6-12(2)16(27-19(20)26)18(25)21-13(3)17(24)22-15-9-7-14(11-23)8-10-15/h4,7-10,12-13,16,23H,1,5-6,11H2,2-3H3,(H2,20,26)(H,21,25)(H,22,24)/t12?,13-,16-/m0/s1. The molecule has 0 aliphatic carbocycles. The number of primary amides is 1. The molecule has 5 N–H and O–H groups in total. The van der Waals surface area contributed by atoms with Crippen LogP contribution in [0.4, 0.5) is 10.5 Å². The third-order valence-corrected chi connectivity index (χ3v) is 4.00. The smallest absolute Gasteiger partial charge is 0.405 e. The van der Waals surface area contributed by atoms with Gasteiger partial charge in [0.25, 0.3) is 5.91 Å². The van der Waals surface area contributed by atoms with Crippen molar-refractivity contribution in [3.63, 3.8) is 0 Å². The molecule has 0 bridgehead atoms. The van der Waals surface area contributed by atoms with Crippen LogP contribution in [0.5, 0.6) is 0 Å². The number of rotatable bonds is 10. The summed E-state index contributed by atoms with van der Waals surface area (Å²) in [5, 5.41) is 14.2. The Hall–Kier alpha value is -2.87. The minimum Gasteiger partial charge on any atom is -0.436 e. The molecule has 8 nitrogen and oxygen atoms in total. The molecule has 0 saturated carbocycles. The molecule has 0 aliphatic heterocycles. The summed E-state index contributed by atoms with van der Waals surface area (Å²) in [7, 11) is 0. The van der Waals surface area contributed by atoms with Crippen LogP contribution in [0.3, 0.4) is 0 Å². The molecule has 0 fully saturated rings. The van der Waals surface area contributed by atoms with Gasteiger partial charge in [-0.15, -0.1) is 6.58 Å². The van der Waals surface area contributed by atoms with Gasteiger partial charge in [-0.3, -0.25) is 9.59 Å². The number of anilines is 1. The topological polar surface area (TPSA) is 131 Å². The molecule has 1 rings (SSSR count). The van der Waals surface area contributed by atoms with Crippen LogP contribution in [0.15, 0.2) is 36.9 Å². The molecule has 8 heteroatoms. The number of amides is 3. The molecule has 0 aromatic heterocycles. The van der Waals surface area contributed by atoms with Gasteiger partial charge in [0.05, 0.1) is 6.61 Å². The van der Waals surface area contributed by atoms with E-state index >= 15 is 0 Å². The van der Waals surface area contributed by atoms with Crippen LogP contribution < -0.4 is 16.4 Å². The average molecular weight is 377 g/mol. The maximum Gasteiger partial charge on any atom is 0.405 e. The van der Waals surface area contributed by atoms with Crippen LogP contribution >= 0.6 is 0 Å². The van der Waals surface area contributed by atoms with E-state index in [1.165, 1.54) is 6.92 Å². The minimum absolute atomic E-state index is 0.0913. The lowest BCUT2D eigenvalue weighted by Crippen LogP contribution is -2.49. The second-order valence-electron chi connectivity index (χ2n) is 6.28. The zero-order valence-corrected chi connectivity index (χ0v) is 15.6. The summed E-state index contributed by atoms with van der Waals surface area (Å²) < 4.78 is 4.93. The van der Waals surface area contributed by atoms with Gasteiger partial charge in [-0.1, -0.05) is 25.1 Å². The van der Waals surface area contributed by atoms with Gasteiger partial charge in [0.15, 0.2) is 6.10 Å². The number of ether oxygens (including phenoxy) is 1. The van der Waals surface area contributed by atoms with Crippen molar-refractivity contribution in [2.75, 3.05) is 5.32 Å². The van der Waals surface area contributed by atoms with E-state index in [0.717, 1.165) is 0 Å². The second-order valence-corrected chi connectivity index (χ2v) is 6.28. The first-order chi connectivity index (χ1) is 12.8. The van der Waals surface area contributed by atoms with Gasteiger partial charge in [-0.25, -0.2) is 4.79 Å². The van der Waals surface area contributed by atoms with Crippen LogP contribution in [-0.2, 0) is 20.9 Å². The molecule has 3 amide bonds. The molecule has 0 aliphatic rings. The maximum atomic E-state index is 12.5. The zero-order chi connectivity index (χ0) is 20.4. The highest BCUT2D eigenvalue weighted by Gasteiger charge is 2.30. The number of hydrogen-bond donors (Lipinski definition) is 4. The summed E-state index contributed by atoms with van der Waals surface area (Å²) in [6.07, 6.45) is 0.774. The normalized spacial score (nSPS) is 13.7. The number of aliphatic hydroxyl groups excluding tert-OH is 1. The first-order valence-electron chi connectivity index (χ1n) is 8.66. The highest BCUT2D eigenvalue weighted by Crippen LogP contribution is 2.15. The second kappa shape index (κ2) is 11.0. The SMILES string of the molecule is C=CCCC(C)[C@H](OC(N)=O)C(=O)N[C@@H](C)C(=O)Nc1ccc(CO)cc1. The molecule has 0 spiro atoms. The molecule has 27 heavy (non-hydrogen) atoms. The van der Waals surface area contributed by atoms with Gasteiger partial charge in [-0.2, -0.15) is 0 Å². The fourth-order valence-electron chi connectivity index (χ4n) is 2.39. The highest BCUT2D eigenvalue weighted by atomic mass is 16.6. The lowest BCUT2D eigenvalue weighted by atomic mass is 9.98. The molecular weight excluding hydrogens is 350 g/mol. The van der Waals surface area contributed by atoms with Crippen LogP contribution in [0.1, 0.15) is 32.3 Å². The minimum atomic E-state index is -1.10. The van der Waals surface area contributed by atoms with Crippen molar-refractivity contribution in [1.82, 2.24) is 5.32 Å². The van der Waals surface area contributed by atoms with Crippen LogP contribution in [0, 0.1) is 5.92 Å². The van der Waals surface area contributed by atoms with E-state index in [4.69, 9.17) is 15.6 Å². The summed E-state index contributed by atoms with van der Waals surface area (Å²) in [6.45, 7) is 6.80. The summed E-state index contributed by atoms with van der Waals surface area (Å²) in [6, 6.07) is 5.79. The summed E-state index contributed by atoms with van der Waals surface area (Å²) in [5.41, 5.74) is 6.30. The van der Waals surface area contributed by atoms with Crippen LogP contribution in [-0.4, -0.2) is 35.2 Å². The predicted molar refractivity (Wildman–Crippen MR) is 102 cm³/mol. The third-order valence-electron chi connectivity index (χ3n) is 4.00. The predicted octanol–water partition coefficient (Wildman–Crippen LogP) is 1.69. The third kappa shape index (κ3) is 7.49. The molecule has 148 valence electrons. The summed E-state index contributed by atoms with van der Waals surface area (Å²) in [5.74, 6) is -1.32. The van der Waals surface area contributed by atoms with E-state index in [0.29, 0.717) is 24.1 Å². The first kappa shape index (κ1) is 22.2. The quantitative estimate of drug-likeness (QED) is 0.461. The molecule has 0 radical (unpaired) electrons. The van der Waals surface area contributed by atoms with Gasteiger partial charge >= 0.3 is 6.09 Å². The highest BCUT2D eigenvalue weighted by molar-refractivity contribution is 5.97. The van der Waals surface area contributed by atoms with Crippen molar-refractivity contribution in [2.24, 2.45) is 11.7 Å². The van der Waals surface area contributed by atoms with Crippen molar-refractivity contribution >= 4 is 23.6 Å². The number of hydrogen-bond acceptors (Lipinski definition) is 5. The van der Waals surface area contributed by atoms with E-state index in [9.17, 15) is 14.4 Å². The van der Waals surface area contributed by atoms with E-state index < -0.39 is 30.1 Å². The van der Waals surface area contributed by atoms with Gasteiger partial charge in [0, 0.05) is 11.6 Å². The zero-order valence-electron chi connectivity index (χ0n) is 15.6. The Morgan fingerprint density at radius 2 is 1.85 bits per heavy atom. The number of nitrogens with one attached hydrogen (secondary N) is 2. The Morgan fingerprint density at radius 1 is 1.22 bits per heavy atom. The van der Waals surface area contributed by atoms with Gasteiger partial charge < -0.3 is 26.2 Å². The Balaban J connectivity index is 2.70. The molecule has 1 aromatic carbocycles. The Labute approximate surface area is 158 Å². The molecule has 0 saturated heterocycles. The molecule has 1 unspecified atom stereocenters. The molecule has 3 atom stereocenters. The number of allylic oxidation sites excluding steroid dienone is 1. The number of aliphatic hydroxyl groups is 1. The van der Waals surface area contributed by atoms with Gasteiger partial charge in [0.1, 0.15) is 6.04 Å².